The summed E-state index contributed by atoms with van der Waals surface area (Å²) in [6.45, 7) is 0. The number of hydrogen-bond donors (Lipinski definition) is 0. The lowest BCUT2D eigenvalue weighted by molar-refractivity contribution is 0.668. The van der Waals surface area contributed by atoms with Gasteiger partial charge in [0.05, 0.1) is 33.5 Å². The first-order valence-electron chi connectivity index (χ1n) is 17.6. The standard InChI is InChI=1S/C48H30N2O2/c1-3-15-31(16-4-1)33-29-30-41(46-37-21-9-12-28-44(37)52-48(33)46)50(42-26-13-22-35-34-19-8-11-27-43(34)51-47(35)42)40-25-14-24-39-45(40)36-20-7-10-23-38(36)49(39)32-17-5-2-6-18-32/h1-30H. The molecule has 8 aromatic carbocycles. The first-order valence-corrected chi connectivity index (χ1v) is 17.6. The van der Waals surface area contributed by atoms with E-state index < -0.39 is 0 Å². The van der Waals surface area contributed by atoms with Crippen molar-refractivity contribution in [2.75, 3.05) is 4.90 Å². The SMILES string of the molecule is c1ccc(-c2ccc(N(c3cccc4c3oc3ccccc34)c3cccc4c3c3ccccc3n4-c3ccccc3)c3c2oc2ccccc23)cc1. The molecule has 0 saturated heterocycles. The van der Waals surface area contributed by atoms with Gasteiger partial charge in [-0.15, -0.1) is 0 Å². The Morgan fingerprint density at radius 3 is 1.77 bits per heavy atom. The second-order valence-corrected chi connectivity index (χ2v) is 13.2. The lowest BCUT2D eigenvalue weighted by Crippen LogP contribution is -2.11. The third kappa shape index (κ3) is 4.15. The predicted molar refractivity (Wildman–Crippen MR) is 215 cm³/mol. The largest absolute Gasteiger partial charge is 0.455 e. The highest BCUT2D eigenvalue weighted by atomic mass is 16.3. The molecule has 0 bridgehead atoms. The van der Waals surface area contributed by atoms with Crippen LogP contribution in [0, 0.1) is 0 Å². The maximum Gasteiger partial charge on any atom is 0.159 e. The Bertz CT molecular complexity index is 3120. The van der Waals surface area contributed by atoms with E-state index in [0.29, 0.717) is 0 Å². The van der Waals surface area contributed by atoms with Gasteiger partial charge in [-0.1, -0.05) is 121 Å². The van der Waals surface area contributed by atoms with Crippen molar-refractivity contribution in [3.8, 4) is 16.8 Å². The van der Waals surface area contributed by atoms with Crippen molar-refractivity contribution < 1.29 is 8.83 Å². The monoisotopic (exact) mass is 666 g/mol. The number of fused-ring (bicyclic) bond motifs is 9. The van der Waals surface area contributed by atoms with Crippen LogP contribution in [0.25, 0.3) is 82.5 Å². The van der Waals surface area contributed by atoms with Gasteiger partial charge in [-0.2, -0.15) is 0 Å². The summed E-state index contributed by atoms with van der Waals surface area (Å²) in [4.78, 5) is 2.40. The number of benzene rings is 8. The smallest absolute Gasteiger partial charge is 0.159 e. The van der Waals surface area contributed by atoms with Gasteiger partial charge >= 0.3 is 0 Å². The van der Waals surface area contributed by atoms with Crippen molar-refractivity contribution in [1.29, 1.82) is 0 Å². The molecule has 244 valence electrons. The normalized spacial score (nSPS) is 11.8. The van der Waals surface area contributed by atoms with Gasteiger partial charge in [0.2, 0.25) is 0 Å². The summed E-state index contributed by atoms with van der Waals surface area (Å²) >= 11 is 0. The number of aromatic nitrogens is 1. The van der Waals surface area contributed by atoms with Crippen LogP contribution in [0.5, 0.6) is 0 Å². The minimum Gasteiger partial charge on any atom is -0.455 e. The Morgan fingerprint density at radius 1 is 0.365 bits per heavy atom. The number of anilines is 3. The molecule has 0 aliphatic carbocycles. The molecular formula is C48H30N2O2. The molecule has 0 aliphatic rings. The van der Waals surface area contributed by atoms with E-state index in [-0.39, 0.29) is 0 Å². The van der Waals surface area contributed by atoms with Crippen LogP contribution in [0.15, 0.2) is 191 Å². The van der Waals surface area contributed by atoms with Crippen molar-refractivity contribution in [2.24, 2.45) is 0 Å². The first kappa shape index (κ1) is 28.8. The van der Waals surface area contributed by atoms with Crippen LogP contribution in [0.3, 0.4) is 0 Å². The molecular weight excluding hydrogens is 637 g/mol. The molecule has 0 unspecified atom stereocenters. The van der Waals surface area contributed by atoms with E-state index in [9.17, 15) is 0 Å². The van der Waals surface area contributed by atoms with Crippen molar-refractivity contribution in [2.45, 2.75) is 0 Å². The van der Waals surface area contributed by atoms with E-state index >= 15 is 0 Å². The molecule has 0 saturated carbocycles. The van der Waals surface area contributed by atoms with Crippen molar-refractivity contribution >= 4 is 82.7 Å². The third-order valence-electron chi connectivity index (χ3n) is 10.4. The molecule has 4 heteroatoms. The Balaban J connectivity index is 1.31. The van der Waals surface area contributed by atoms with Crippen molar-refractivity contribution in [3.05, 3.63) is 182 Å². The molecule has 0 radical (unpaired) electrons. The lowest BCUT2D eigenvalue weighted by Gasteiger charge is -2.27. The molecule has 0 spiro atoms. The van der Waals surface area contributed by atoms with E-state index in [1.54, 1.807) is 0 Å². The minimum atomic E-state index is 0.834. The predicted octanol–water partition coefficient (Wildman–Crippen LogP) is 13.7. The average molecular weight is 667 g/mol. The molecule has 52 heavy (non-hydrogen) atoms. The third-order valence-corrected chi connectivity index (χ3v) is 10.4. The molecule has 3 heterocycles. The summed E-state index contributed by atoms with van der Waals surface area (Å²) in [7, 11) is 0. The Morgan fingerprint density at radius 2 is 0.942 bits per heavy atom. The van der Waals surface area contributed by atoms with Crippen LogP contribution >= 0.6 is 0 Å². The van der Waals surface area contributed by atoms with Crippen LogP contribution in [0.1, 0.15) is 0 Å². The van der Waals surface area contributed by atoms with Crippen LogP contribution in [0.4, 0.5) is 17.1 Å². The molecule has 11 rings (SSSR count). The van der Waals surface area contributed by atoms with E-state index in [4.69, 9.17) is 8.83 Å². The fraction of sp³-hybridized carbons (Fsp3) is 0. The van der Waals surface area contributed by atoms with Gasteiger partial charge in [0.15, 0.2) is 5.58 Å². The fourth-order valence-corrected chi connectivity index (χ4v) is 8.18. The average Bonchev–Trinajstić information content (AvgIpc) is 3.89. The van der Waals surface area contributed by atoms with Crippen LogP contribution < -0.4 is 4.90 Å². The van der Waals surface area contributed by atoms with Crippen molar-refractivity contribution in [3.63, 3.8) is 0 Å². The summed E-state index contributed by atoms with van der Waals surface area (Å²) < 4.78 is 16.0. The van der Waals surface area contributed by atoms with Gasteiger partial charge in [0.25, 0.3) is 0 Å². The molecule has 11 aromatic rings. The molecule has 0 fully saturated rings. The summed E-state index contributed by atoms with van der Waals surface area (Å²) in [6, 6.07) is 64.1. The highest BCUT2D eigenvalue weighted by molar-refractivity contribution is 6.22. The molecule has 0 N–H and O–H groups in total. The summed E-state index contributed by atoms with van der Waals surface area (Å²) in [6.07, 6.45) is 0. The highest BCUT2D eigenvalue weighted by Crippen LogP contribution is 2.51. The number of furan rings is 2. The zero-order chi connectivity index (χ0) is 34.2. The van der Waals surface area contributed by atoms with Gasteiger partial charge in [-0.25, -0.2) is 0 Å². The molecule has 0 atom stereocenters. The zero-order valence-corrected chi connectivity index (χ0v) is 28.0. The molecule has 0 aliphatic heterocycles. The Labute approximate surface area is 299 Å². The number of nitrogens with zero attached hydrogens (tertiary/aromatic N) is 2. The van der Waals surface area contributed by atoms with Crippen molar-refractivity contribution in [1.82, 2.24) is 4.57 Å². The van der Waals surface area contributed by atoms with Gasteiger partial charge in [-0.3, -0.25) is 0 Å². The second-order valence-electron chi connectivity index (χ2n) is 13.2. The van der Waals surface area contributed by atoms with Crippen LogP contribution in [-0.4, -0.2) is 4.57 Å². The first-order chi connectivity index (χ1) is 25.8. The van der Waals surface area contributed by atoms with E-state index in [1.807, 2.05) is 18.2 Å². The Kier molecular flexibility index (Phi) is 6.22. The molecule has 3 aromatic heterocycles. The van der Waals surface area contributed by atoms with Gasteiger partial charge in [0.1, 0.15) is 16.7 Å². The number of rotatable bonds is 5. The van der Waals surface area contributed by atoms with Gasteiger partial charge in [-0.05, 0) is 66.2 Å². The second kappa shape index (κ2) is 11.2. The minimum absolute atomic E-state index is 0.834. The van der Waals surface area contributed by atoms with Crippen LogP contribution in [-0.2, 0) is 0 Å². The van der Waals surface area contributed by atoms with E-state index in [0.717, 1.165) is 94.2 Å². The van der Waals surface area contributed by atoms with Gasteiger partial charge in [0, 0.05) is 38.2 Å². The topological polar surface area (TPSA) is 34.5 Å². The van der Waals surface area contributed by atoms with E-state index in [2.05, 4.69) is 173 Å². The summed E-state index contributed by atoms with van der Waals surface area (Å²) in [5, 5.41) is 6.61. The quantitative estimate of drug-likeness (QED) is 0.183. The van der Waals surface area contributed by atoms with Gasteiger partial charge < -0.3 is 18.3 Å². The van der Waals surface area contributed by atoms with Crippen LogP contribution in [0.2, 0.25) is 0 Å². The number of para-hydroxylation sites is 5. The zero-order valence-electron chi connectivity index (χ0n) is 28.0. The molecule has 0 amide bonds. The highest BCUT2D eigenvalue weighted by Gasteiger charge is 2.27. The fourth-order valence-electron chi connectivity index (χ4n) is 8.18. The molecule has 4 nitrogen and oxygen atoms in total. The lowest BCUT2D eigenvalue weighted by atomic mass is 9.99. The Hall–Kier alpha value is -7.04. The number of hydrogen-bond acceptors (Lipinski definition) is 3. The maximum absolute atomic E-state index is 6.80. The maximum atomic E-state index is 6.80. The summed E-state index contributed by atoms with van der Waals surface area (Å²) in [5.74, 6) is 0. The summed E-state index contributed by atoms with van der Waals surface area (Å²) in [5.41, 5.74) is 12.0. The van der Waals surface area contributed by atoms with E-state index in [1.165, 1.54) is 5.39 Å².